The van der Waals surface area contributed by atoms with Gasteiger partial charge in [0.15, 0.2) is 5.78 Å². The molecule has 3 nitrogen and oxygen atoms in total. The second-order valence-electron chi connectivity index (χ2n) is 12.9. The van der Waals surface area contributed by atoms with Crippen LogP contribution in [-0.4, -0.2) is 36.4 Å². The molecule has 0 aromatic heterocycles. The van der Waals surface area contributed by atoms with Gasteiger partial charge in [0.25, 0.3) is 0 Å². The lowest BCUT2D eigenvalue weighted by Gasteiger charge is -2.55. The Kier molecular flexibility index (Phi) is 6.39. The summed E-state index contributed by atoms with van der Waals surface area (Å²) in [5.41, 5.74) is 9.12. The van der Waals surface area contributed by atoms with Crippen molar-refractivity contribution >= 4 is 5.78 Å². The third kappa shape index (κ3) is 4.73. The fraction of sp³-hybridized carbons (Fsp3) is 0.472. The maximum atomic E-state index is 13.3. The average Bonchev–Trinajstić information content (AvgIpc) is 3.65. The van der Waals surface area contributed by atoms with E-state index in [9.17, 15) is 4.79 Å². The monoisotopic (exact) mass is 519 g/mol. The fourth-order valence-electron chi connectivity index (χ4n) is 7.57. The van der Waals surface area contributed by atoms with Crippen LogP contribution in [0.5, 0.6) is 5.75 Å². The van der Waals surface area contributed by atoms with E-state index in [4.69, 9.17) is 4.74 Å². The van der Waals surface area contributed by atoms with Gasteiger partial charge in [-0.05, 0) is 114 Å². The molecule has 0 amide bonds. The van der Waals surface area contributed by atoms with Crippen molar-refractivity contribution in [2.24, 2.45) is 11.8 Å². The smallest absolute Gasteiger partial charge is 0.162 e. The summed E-state index contributed by atoms with van der Waals surface area (Å²) < 4.78 is 5.65. The average molecular weight is 520 g/mol. The summed E-state index contributed by atoms with van der Waals surface area (Å²) in [7, 11) is 0. The Balaban J connectivity index is 0.985. The second-order valence-corrected chi connectivity index (χ2v) is 12.9. The van der Waals surface area contributed by atoms with E-state index in [0.717, 1.165) is 49.5 Å². The van der Waals surface area contributed by atoms with Crippen LogP contribution in [0.4, 0.5) is 0 Å². The van der Waals surface area contributed by atoms with E-state index in [0.29, 0.717) is 24.2 Å². The summed E-state index contributed by atoms with van der Waals surface area (Å²) in [5, 5.41) is 0. The van der Waals surface area contributed by atoms with Crippen molar-refractivity contribution in [3.63, 3.8) is 0 Å². The maximum Gasteiger partial charge on any atom is 0.162 e. The molecule has 1 saturated carbocycles. The highest BCUT2D eigenvalue weighted by Crippen LogP contribution is 2.49. The molecule has 3 aromatic carbocycles. The van der Waals surface area contributed by atoms with Crippen LogP contribution in [-0.2, 0) is 24.7 Å². The van der Waals surface area contributed by atoms with Gasteiger partial charge in [0.1, 0.15) is 5.75 Å². The normalized spacial score (nSPS) is 25.6. The van der Waals surface area contributed by atoms with Crippen LogP contribution >= 0.6 is 0 Å². The van der Waals surface area contributed by atoms with Gasteiger partial charge in [0, 0.05) is 31.0 Å². The molecule has 3 atom stereocenters. The summed E-state index contributed by atoms with van der Waals surface area (Å²) in [6.45, 7) is 8.22. The number of aryl methyl sites for hydroxylation is 1. The number of hydrogen-bond donors (Lipinski definition) is 0. The molecule has 202 valence electrons. The summed E-state index contributed by atoms with van der Waals surface area (Å²) in [5.74, 6) is 2.90. The number of benzene rings is 3. The molecule has 3 aromatic rings. The molecule has 2 aliphatic heterocycles. The highest BCUT2D eigenvalue weighted by Gasteiger charge is 2.49. The maximum absolute atomic E-state index is 13.3. The SMILES string of the molecule is C[C@H]1[C@H]2Cc3ccc(C(=O)CCCc4ccc(-c5ccc6c(c5)CCO6)cc4)cc3[C@]1(C)CCN2CC1CC1. The van der Waals surface area contributed by atoms with Gasteiger partial charge in [-0.1, -0.05) is 56.3 Å². The van der Waals surface area contributed by atoms with Crippen molar-refractivity contribution in [2.75, 3.05) is 19.7 Å². The Morgan fingerprint density at radius 1 is 1.00 bits per heavy atom. The number of carbonyl (C=O) groups is 1. The van der Waals surface area contributed by atoms with Gasteiger partial charge < -0.3 is 4.74 Å². The molecular weight excluding hydrogens is 478 g/mol. The Bertz CT molecular complexity index is 1390. The van der Waals surface area contributed by atoms with Crippen molar-refractivity contribution in [3.8, 4) is 16.9 Å². The zero-order chi connectivity index (χ0) is 26.6. The van der Waals surface area contributed by atoms with Gasteiger partial charge in [0.2, 0.25) is 0 Å². The topological polar surface area (TPSA) is 29.5 Å². The number of likely N-dealkylation sites (tertiary alicyclic amines) is 1. The van der Waals surface area contributed by atoms with Crippen molar-refractivity contribution < 1.29 is 9.53 Å². The van der Waals surface area contributed by atoms with Crippen molar-refractivity contribution in [2.45, 2.75) is 76.7 Å². The number of ketones is 1. The minimum Gasteiger partial charge on any atom is -0.493 e. The summed E-state index contributed by atoms with van der Waals surface area (Å²) in [4.78, 5) is 16.1. The van der Waals surface area contributed by atoms with Crippen LogP contribution in [0.3, 0.4) is 0 Å². The highest BCUT2D eigenvalue weighted by molar-refractivity contribution is 5.96. The molecule has 4 aliphatic rings. The van der Waals surface area contributed by atoms with E-state index in [2.05, 4.69) is 79.4 Å². The minimum absolute atomic E-state index is 0.183. The molecule has 2 bridgehead atoms. The Morgan fingerprint density at radius 2 is 1.82 bits per heavy atom. The zero-order valence-corrected chi connectivity index (χ0v) is 23.5. The Morgan fingerprint density at radius 3 is 2.64 bits per heavy atom. The molecule has 2 aliphatic carbocycles. The van der Waals surface area contributed by atoms with Crippen LogP contribution in [0.15, 0.2) is 60.7 Å². The Hall–Kier alpha value is -2.91. The molecule has 0 radical (unpaired) electrons. The highest BCUT2D eigenvalue weighted by atomic mass is 16.5. The number of piperidine rings is 1. The number of nitrogens with zero attached hydrogens (tertiary/aromatic N) is 1. The minimum atomic E-state index is 0.183. The third-order valence-electron chi connectivity index (χ3n) is 10.5. The molecule has 39 heavy (non-hydrogen) atoms. The molecular formula is C36H41NO2. The number of hydrogen-bond acceptors (Lipinski definition) is 3. The molecule has 1 saturated heterocycles. The van der Waals surface area contributed by atoms with Crippen LogP contribution in [0.25, 0.3) is 11.1 Å². The number of ether oxygens (including phenoxy) is 1. The van der Waals surface area contributed by atoms with Crippen LogP contribution in [0.2, 0.25) is 0 Å². The molecule has 0 unspecified atom stereocenters. The predicted octanol–water partition coefficient (Wildman–Crippen LogP) is 7.43. The van der Waals surface area contributed by atoms with Gasteiger partial charge in [-0.25, -0.2) is 0 Å². The van der Waals surface area contributed by atoms with Gasteiger partial charge >= 0.3 is 0 Å². The number of fused-ring (bicyclic) bond motifs is 5. The van der Waals surface area contributed by atoms with E-state index in [-0.39, 0.29) is 5.41 Å². The van der Waals surface area contributed by atoms with E-state index < -0.39 is 0 Å². The predicted molar refractivity (Wildman–Crippen MR) is 158 cm³/mol. The first-order valence-electron chi connectivity index (χ1n) is 15.2. The van der Waals surface area contributed by atoms with E-state index in [1.54, 1.807) is 0 Å². The molecule has 2 heterocycles. The number of rotatable bonds is 8. The van der Waals surface area contributed by atoms with Crippen molar-refractivity contribution in [3.05, 3.63) is 88.5 Å². The molecule has 7 rings (SSSR count). The van der Waals surface area contributed by atoms with Crippen LogP contribution in [0, 0.1) is 11.8 Å². The van der Waals surface area contributed by atoms with Gasteiger partial charge in [-0.15, -0.1) is 0 Å². The lowest BCUT2D eigenvalue weighted by atomic mass is 9.58. The summed E-state index contributed by atoms with van der Waals surface area (Å²) in [6.07, 6.45) is 8.62. The van der Waals surface area contributed by atoms with E-state index >= 15 is 0 Å². The van der Waals surface area contributed by atoms with E-state index in [1.165, 1.54) is 65.7 Å². The van der Waals surface area contributed by atoms with Crippen LogP contribution in [0.1, 0.15) is 78.6 Å². The lowest BCUT2D eigenvalue weighted by molar-refractivity contribution is 0.0284. The lowest BCUT2D eigenvalue weighted by Crippen LogP contribution is -2.58. The molecule has 2 fully saturated rings. The number of Topliss-reactive ketones (excluding diaryl/α,β-unsaturated/α-hetero) is 1. The van der Waals surface area contributed by atoms with Gasteiger partial charge in [-0.3, -0.25) is 9.69 Å². The number of carbonyl (C=O) groups excluding carboxylic acids is 1. The molecule has 0 spiro atoms. The van der Waals surface area contributed by atoms with E-state index in [1.807, 2.05) is 0 Å². The summed E-state index contributed by atoms with van der Waals surface area (Å²) in [6, 6.07) is 22.7. The molecule has 0 N–H and O–H groups in total. The molecule has 3 heteroatoms. The third-order valence-corrected chi connectivity index (χ3v) is 10.5. The first kappa shape index (κ1) is 25.1. The standard InChI is InChI=1S/C36H41NO2/c1-24-33-22-29-12-13-30(21-32(29)36(24,2)17-18-37(33)23-26-6-7-26)34(38)5-3-4-25-8-10-27(11-9-25)28-14-15-35-31(20-28)16-19-39-35/h8-15,20-21,24,26,33H,3-7,16-19,22-23H2,1-2H3/t24-,33+,36+/m0/s1. The van der Waals surface area contributed by atoms with Gasteiger partial charge in [-0.2, -0.15) is 0 Å². The van der Waals surface area contributed by atoms with Crippen LogP contribution < -0.4 is 4.74 Å². The first-order chi connectivity index (χ1) is 19.0. The van der Waals surface area contributed by atoms with Crippen molar-refractivity contribution in [1.29, 1.82) is 0 Å². The van der Waals surface area contributed by atoms with Crippen molar-refractivity contribution in [1.82, 2.24) is 4.90 Å². The Labute approximate surface area is 233 Å². The quantitative estimate of drug-likeness (QED) is 0.290. The van der Waals surface area contributed by atoms with Gasteiger partial charge in [0.05, 0.1) is 6.61 Å². The fourth-order valence-corrected chi connectivity index (χ4v) is 7.57. The first-order valence-corrected chi connectivity index (χ1v) is 15.2. The zero-order valence-electron chi connectivity index (χ0n) is 23.5. The summed E-state index contributed by atoms with van der Waals surface area (Å²) >= 11 is 0. The second kappa shape index (κ2) is 9.93. The largest absolute Gasteiger partial charge is 0.493 e.